The SMILES string of the molecule is OC(C#C[Se]c1ccccc1)c1ccc(F)cc1. The van der Waals surface area contributed by atoms with Crippen LogP contribution < -0.4 is 4.46 Å². The van der Waals surface area contributed by atoms with Crippen LogP contribution in [-0.2, 0) is 0 Å². The van der Waals surface area contributed by atoms with Gasteiger partial charge in [-0.05, 0) is 0 Å². The van der Waals surface area contributed by atoms with Gasteiger partial charge in [0.05, 0.1) is 0 Å². The van der Waals surface area contributed by atoms with Crippen molar-refractivity contribution in [3.05, 3.63) is 66.0 Å². The van der Waals surface area contributed by atoms with E-state index in [-0.39, 0.29) is 20.8 Å². The van der Waals surface area contributed by atoms with Gasteiger partial charge in [0, 0.05) is 0 Å². The van der Waals surface area contributed by atoms with Crippen molar-refractivity contribution in [2.75, 3.05) is 0 Å². The Morgan fingerprint density at radius 2 is 1.67 bits per heavy atom. The molecule has 0 spiro atoms. The molecule has 0 heterocycles. The van der Waals surface area contributed by atoms with E-state index in [9.17, 15) is 9.50 Å². The maximum absolute atomic E-state index is 12.7. The Balaban J connectivity index is 2.00. The Labute approximate surface area is 112 Å². The van der Waals surface area contributed by atoms with Gasteiger partial charge in [-0.15, -0.1) is 0 Å². The molecule has 90 valence electrons. The van der Waals surface area contributed by atoms with Crippen LogP contribution in [0.2, 0.25) is 0 Å². The predicted molar refractivity (Wildman–Crippen MR) is 71.0 cm³/mol. The van der Waals surface area contributed by atoms with E-state index in [0.717, 1.165) is 0 Å². The van der Waals surface area contributed by atoms with Gasteiger partial charge in [-0.1, -0.05) is 0 Å². The molecule has 0 bridgehead atoms. The molecule has 0 amide bonds. The van der Waals surface area contributed by atoms with Crippen molar-refractivity contribution in [3.8, 4) is 10.7 Å². The molecular weight excluding hydrogens is 294 g/mol. The van der Waals surface area contributed by atoms with E-state index in [2.05, 4.69) is 10.7 Å². The van der Waals surface area contributed by atoms with Crippen molar-refractivity contribution in [3.63, 3.8) is 0 Å². The van der Waals surface area contributed by atoms with Crippen molar-refractivity contribution in [2.24, 2.45) is 0 Å². The molecule has 1 nitrogen and oxygen atoms in total. The van der Waals surface area contributed by atoms with E-state index < -0.39 is 6.10 Å². The number of aliphatic hydroxyl groups is 1. The third-order valence-corrected chi connectivity index (χ3v) is 3.82. The second-order valence-electron chi connectivity index (χ2n) is 3.62. The molecule has 1 unspecified atom stereocenters. The van der Waals surface area contributed by atoms with Crippen LogP contribution in [0.25, 0.3) is 0 Å². The Hall–Kier alpha value is -1.59. The summed E-state index contributed by atoms with van der Waals surface area (Å²) in [6.45, 7) is 0. The van der Waals surface area contributed by atoms with Crippen LogP contribution >= 0.6 is 0 Å². The number of benzene rings is 2. The maximum atomic E-state index is 12.7. The number of aliphatic hydroxyl groups excluding tert-OH is 1. The Morgan fingerprint density at radius 3 is 2.33 bits per heavy atom. The molecule has 0 aliphatic carbocycles. The molecule has 0 saturated carbocycles. The summed E-state index contributed by atoms with van der Waals surface area (Å²) in [6.07, 6.45) is -0.851. The Kier molecular flexibility index (Phi) is 4.55. The topological polar surface area (TPSA) is 20.2 Å². The van der Waals surface area contributed by atoms with Gasteiger partial charge in [-0.3, -0.25) is 0 Å². The van der Waals surface area contributed by atoms with Crippen LogP contribution in [0.3, 0.4) is 0 Å². The number of hydrogen-bond donors (Lipinski definition) is 1. The zero-order valence-corrected chi connectivity index (χ0v) is 11.2. The third-order valence-electron chi connectivity index (χ3n) is 2.29. The molecule has 3 heteroatoms. The normalized spacial score (nSPS) is 11.4. The van der Waals surface area contributed by atoms with Crippen LogP contribution in [0.4, 0.5) is 4.39 Å². The molecule has 1 N–H and O–H groups in total. The molecule has 0 aromatic heterocycles. The molecule has 0 aliphatic rings. The second-order valence-corrected chi connectivity index (χ2v) is 5.46. The van der Waals surface area contributed by atoms with E-state index in [0.29, 0.717) is 5.56 Å². The van der Waals surface area contributed by atoms with Crippen LogP contribution in [0.1, 0.15) is 11.7 Å². The Morgan fingerprint density at radius 1 is 1.00 bits per heavy atom. The fraction of sp³-hybridized carbons (Fsp3) is 0.0667. The number of halogens is 1. The zero-order chi connectivity index (χ0) is 12.8. The number of hydrogen-bond acceptors (Lipinski definition) is 1. The molecular formula is C15H11FOSe. The van der Waals surface area contributed by atoms with Crippen LogP contribution in [0.15, 0.2) is 54.6 Å². The van der Waals surface area contributed by atoms with Gasteiger partial charge < -0.3 is 0 Å². The molecule has 0 radical (unpaired) electrons. The van der Waals surface area contributed by atoms with Gasteiger partial charge in [0.2, 0.25) is 0 Å². The van der Waals surface area contributed by atoms with Gasteiger partial charge >= 0.3 is 112 Å². The zero-order valence-electron chi connectivity index (χ0n) is 9.51. The minimum absolute atomic E-state index is 0.0300. The first kappa shape index (κ1) is 12.9. The van der Waals surface area contributed by atoms with Crippen LogP contribution in [0, 0.1) is 16.6 Å². The number of rotatable bonds is 2. The van der Waals surface area contributed by atoms with Crippen LogP contribution in [-0.4, -0.2) is 20.1 Å². The first-order valence-corrected chi connectivity index (χ1v) is 7.13. The van der Waals surface area contributed by atoms with Crippen molar-refractivity contribution in [2.45, 2.75) is 6.10 Å². The van der Waals surface area contributed by atoms with E-state index in [4.69, 9.17) is 0 Å². The van der Waals surface area contributed by atoms with Crippen LogP contribution in [0.5, 0.6) is 0 Å². The van der Waals surface area contributed by atoms with Gasteiger partial charge in [-0.25, -0.2) is 0 Å². The molecule has 0 saturated heterocycles. The molecule has 2 aromatic rings. The summed E-state index contributed by atoms with van der Waals surface area (Å²) in [4.78, 5) is 2.98. The Bertz CT molecular complexity index is 555. The predicted octanol–water partition coefficient (Wildman–Crippen LogP) is 1.85. The fourth-order valence-corrected chi connectivity index (χ4v) is 2.58. The molecule has 0 aliphatic heterocycles. The monoisotopic (exact) mass is 306 g/mol. The van der Waals surface area contributed by atoms with Gasteiger partial charge in [0.25, 0.3) is 0 Å². The van der Waals surface area contributed by atoms with E-state index in [1.807, 2.05) is 30.3 Å². The molecule has 1 atom stereocenters. The standard InChI is InChI=1S/C15H11FOSe/c16-13-8-6-12(7-9-13)15(17)10-11-18-14-4-2-1-3-5-14/h1-9,15,17H. The summed E-state index contributed by atoms with van der Waals surface area (Å²) >= 11 is 0.0300. The van der Waals surface area contributed by atoms with Crippen molar-refractivity contribution >= 4 is 19.4 Å². The first-order valence-electron chi connectivity index (χ1n) is 5.41. The minimum atomic E-state index is -0.851. The average Bonchev–Trinajstić information content (AvgIpc) is 2.40. The van der Waals surface area contributed by atoms with Crippen molar-refractivity contribution < 1.29 is 9.50 Å². The second kappa shape index (κ2) is 6.37. The third kappa shape index (κ3) is 3.71. The molecule has 18 heavy (non-hydrogen) atoms. The van der Waals surface area contributed by atoms with Crippen molar-refractivity contribution in [1.82, 2.24) is 0 Å². The summed E-state index contributed by atoms with van der Waals surface area (Å²) in [5.41, 5.74) is 0.618. The van der Waals surface area contributed by atoms with E-state index in [1.165, 1.54) is 16.6 Å². The quantitative estimate of drug-likeness (QED) is 0.663. The van der Waals surface area contributed by atoms with E-state index in [1.54, 1.807) is 12.1 Å². The van der Waals surface area contributed by atoms with Crippen molar-refractivity contribution in [1.29, 1.82) is 0 Å². The summed E-state index contributed by atoms with van der Waals surface area (Å²) in [6, 6.07) is 15.7. The summed E-state index contributed by atoms with van der Waals surface area (Å²) in [5.74, 6) is 2.47. The summed E-state index contributed by atoms with van der Waals surface area (Å²) in [5, 5.41) is 9.80. The van der Waals surface area contributed by atoms with Gasteiger partial charge in [-0.2, -0.15) is 0 Å². The summed E-state index contributed by atoms with van der Waals surface area (Å²) in [7, 11) is 0. The molecule has 2 rings (SSSR count). The average molecular weight is 305 g/mol. The first-order chi connectivity index (χ1) is 8.75. The van der Waals surface area contributed by atoms with Gasteiger partial charge in [0.1, 0.15) is 0 Å². The summed E-state index contributed by atoms with van der Waals surface area (Å²) < 4.78 is 13.9. The molecule has 2 aromatic carbocycles. The fourth-order valence-electron chi connectivity index (χ4n) is 1.36. The van der Waals surface area contributed by atoms with Gasteiger partial charge in [0.15, 0.2) is 0 Å². The molecule has 0 fully saturated rings. The van der Waals surface area contributed by atoms with E-state index >= 15 is 0 Å².